The zero-order valence-corrected chi connectivity index (χ0v) is 11.1. The van der Waals surface area contributed by atoms with Crippen molar-refractivity contribution < 1.29 is 14.6 Å². The number of hydrogen-bond acceptors (Lipinski definition) is 3. The van der Waals surface area contributed by atoms with Crippen molar-refractivity contribution in [3.63, 3.8) is 0 Å². The van der Waals surface area contributed by atoms with Gasteiger partial charge in [0.15, 0.2) is 0 Å². The van der Waals surface area contributed by atoms with Gasteiger partial charge in [-0.15, -0.1) is 0 Å². The van der Waals surface area contributed by atoms with Gasteiger partial charge in [-0.2, -0.15) is 0 Å². The first-order valence-electron chi connectivity index (χ1n) is 6.43. The van der Waals surface area contributed by atoms with E-state index in [9.17, 15) is 4.79 Å². The summed E-state index contributed by atoms with van der Waals surface area (Å²) in [6.07, 6.45) is 1.96. The first kappa shape index (κ1) is 13.7. The quantitative estimate of drug-likeness (QED) is 0.724. The van der Waals surface area contributed by atoms with Crippen LogP contribution in [0.15, 0.2) is 24.3 Å². The molecule has 0 bridgehead atoms. The van der Waals surface area contributed by atoms with Crippen LogP contribution in [0.25, 0.3) is 0 Å². The molecular formula is C14H20N2O3. The predicted molar refractivity (Wildman–Crippen MR) is 72.0 cm³/mol. The molecule has 0 spiro atoms. The van der Waals surface area contributed by atoms with Crippen LogP contribution in [0.1, 0.15) is 18.4 Å². The van der Waals surface area contributed by atoms with E-state index < -0.39 is 0 Å². The minimum atomic E-state index is -0.217. The van der Waals surface area contributed by atoms with Crippen LogP contribution in [-0.2, 0) is 6.54 Å². The fraction of sp³-hybridized carbons (Fsp3) is 0.500. The molecule has 0 atom stereocenters. The van der Waals surface area contributed by atoms with Crippen molar-refractivity contribution >= 4 is 6.03 Å². The molecule has 5 nitrogen and oxygen atoms in total. The van der Waals surface area contributed by atoms with E-state index >= 15 is 0 Å². The highest BCUT2D eigenvalue weighted by Gasteiger charge is 2.42. The molecule has 1 saturated carbocycles. The molecule has 1 aliphatic rings. The average molecular weight is 264 g/mol. The number of rotatable bonds is 6. The Bertz CT molecular complexity index is 444. The van der Waals surface area contributed by atoms with Gasteiger partial charge < -0.3 is 20.5 Å². The normalized spacial score (nSPS) is 15.7. The highest BCUT2D eigenvalue weighted by atomic mass is 16.5. The van der Waals surface area contributed by atoms with Crippen LogP contribution >= 0.6 is 0 Å². The summed E-state index contributed by atoms with van der Waals surface area (Å²) in [4.78, 5) is 11.7. The summed E-state index contributed by atoms with van der Waals surface area (Å²) in [7, 11) is 1.61. The smallest absolute Gasteiger partial charge is 0.315 e. The summed E-state index contributed by atoms with van der Waals surface area (Å²) in [5, 5.41) is 14.7. The van der Waals surface area contributed by atoms with E-state index in [1.807, 2.05) is 24.3 Å². The molecule has 0 saturated heterocycles. The van der Waals surface area contributed by atoms with E-state index in [1.165, 1.54) is 0 Å². The Morgan fingerprint density at radius 2 is 2.11 bits per heavy atom. The van der Waals surface area contributed by atoms with Crippen molar-refractivity contribution in [1.29, 1.82) is 0 Å². The Kier molecular flexibility index (Phi) is 4.27. The SMILES string of the molecule is COc1ccccc1CNC(=O)NCC1(CO)CC1. The van der Waals surface area contributed by atoms with E-state index in [0.29, 0.717) is 13.1 Å². The Morgan fingerprint density at radius 1 is 1.37 bits per heavy atom. The number of para-hydroxylation sites is 1. The lowest BCUT2D eigenvalue weighted by atomic mass is 10.1. The maximum atomic E-state index is 11.7. The van der Waals surface area contributed by atoms with Gasteiger partial charge in [-0.05, 0) is 18.9 Å². The Labute approximate surface area is 113 Å². The van der Waals surface area contributed by atoms with Crippen LogP contribution in [-0.4, -0.2) is 31.4 Å². The number of ether oxygens (including phenoxy) is 1. The van der Waals surface area contributed by atoms with Crippen molar-refractivity contribution in [2.75, 3.05) is 20.3 Å². The van der Waals surface area contributed by atoms with Gasteiger partial charge in [0, 0.05) is 24.1 Å². The highest BCUT2D eigenvalue weighted by molar-refractivity contribution is 5.74. The molecule has 0 aromatic heterocycles. The topological polar surface area (TPSA) is 70.6 Å². The second-order valence-electron chi connectivity index (χ2n) is 5.01. The monoisotopic (exact) mass is 264 g/mol. The number of hydrogen-bond donors (Lipinski definition) is 3. The van der Waals surface area contributed by atoms with E-state index in [0.717, 1.165) is 24.2 Å². The molecule has 1 aliphatic carbocycles. The molecular weight excluding hydrogens is 244 g/mol. The zero-order valence-electron chi connectivity index (χ0n) is 11.1. The van der Waals surface area contributed by atoms with E-state index in [4.69, 9.17) is 9.84 Å². The fourth-order valence-corrected chi connectivity index (χ4v) is 1.92. The number of aliphatic hydroxyl groups excluding tert-OH is 1. The van der Waals surface area contributed by atoms with E-state index in [2.05, 4.69) is 10.6 Å². The molecule has 104 valence electrons. The summed E-state index contributed by atoms with van der Waals surface area (Å²) >= 11 is 0. The number of benzene rings is 1. The van der Waals surface area contributed by atoms with Crippen LogP contribution in [0.2, 0.25) is 0 Å². The van der Waals surface area contributed by atoms with Gasteiger partial charge in [0.2, 0.25) is 0 Å². The van der Waals surface area contributed by atoms with E-state index in [1.54, 1.807) is 7.11 Å². The Morgan fingerprint density at radius 3 is 2.74 bits per heavy atom. The summed E-state index contributed by atoms with van der Waals surface area (Å²) in [6.45, 7) is 1.09. The fourth-order valence-electron chi connectivity index (χ4n) is 1.92. The second-order valence-corrected chi connectivity index (χ2v) is 5.01. The molecule has 1 aromatic carbocycles. The lowest BCUT2D eigenvalue weighted by molar-refractivity contribution is 0.203. The summed E-state index contributed by atoms with van der Waals surface area (Å²) in [5.74, 6) is 0.761. The molecule has 19 heavy (non-hydrogen) atoms. The zero-order chi connectivity index (χ0) is 13.7. The second kappa shape index (κ2) is 5.93. The van der Waals surface area contributed by atoms with Gasteiger partial charge in [0.1, 0.15) is 5.75 Å². The van der Waals surface area contributed by atoms with Crippen molar-refractivity contribution in [1.82, 2.24) is 10.6 Å². The molecule has 5 heteroatoms. The van der Waals surface area contributed by atoms with Crippen molar-refractivity contribution in [3.8, 4) is 5.75 Å². The largest absolute Gasteiger partial charge is 0.496 e. The molecule has 2 rings (SSSR count). The molecule has 0 heterocycles. The van der Waals surface area contributed by atoms with Gasteiger partial charge in [-0.3, -0.25) is 0 Å². The first-order valence-corrected chi connectivity index (χ1v) is 6.43. The molecule has 2 amide bonds. The number of methoxy groups -OCH3 is 1. The molecule has 1 fully saturated rings. The van der Waals surface area contributed by atoms with Gasteiger partial charge in [0.25, 0.3) is 0 Å². The molecule has 1 aromatic rings. The third kappa shape index (κ3) is 3.61. The number of aliphatic hydroxyl groups is 1. The minimum Gasteiger partial charge on any atom is -0.496 e. The van der Waals surface area contributed by atoms with Gasteiger partial charge >= 0.3 is 6.03 Å². The molecule has 0 aliphatic heterocycles. The molecule has 3 N–H and O–H groups in total. The van der Waals surface area contributed by atoms with Crippen LogP contribution in [0.5, 0.6) is 5.75 Å². The summed E-state index contributed by atoms with van der Waals surface area (Å²) < 4.78 is 5.21. The van der Waals surface area contributed by atoms with Gasteiger partial charge in [0.05, 0.1) is 13.7 Å². The van der Waals surface area contributed by atoms with Crippen LogP contribution in [0.3, 0.4) is 0 Å². The van der Waals surface area contributed by atoms with Gasteiger partial charge in [-0.25, -0.2) is 4.79 Å². The Hall–Kier alpha value is -1.75. The van der Waals surface area contributed by atoms with Crippen molar-refractivity contribution in [3.05, 3.63) is 29.8 Å². The molecule has 0 radical (unpaired) electrons. The van der Waals surface area contributed by atoms with E-state index in [-0.39, 0.29) is 18.1 Å². The first-order chi connectivity index (χ1) is 9.19. The lowest BCUT2D eigenvalue weighted by Gasteiger charge is -2.14. The third-order valence-electron chi connectivity index (χ3n) is 3.55. The maximum Gasteiger partial charge on any atom is 0.315 e. The highest BCUT2D eigenvalue weighted by Crippen LogP contribution is 2.44. The third-order valence-corrected chi connectivity index (χ3v) is 3.55. The predicted octanol–water partition coefficient (Wildman–Crippen LogP) is 1.27. The number of amides is 2. The van der Waals surface area contributed by atoms with Crippen molar-refractivity contribution in [2.24, 2.45) is 5.41 Å². The average Bonchev–Trinajstić information content (AvgIpc) is 3.24. The van der Waals surface area contributed by atoms with Gasteiger partial charge in [-0.1, -0.05) is 18.2 Å². The summed E-state index contributed by atoms with van der Waals surface area (Å²) in [5.41, 5.74) is 0.866. The standard InChI is InChI=1S/C14H20N2O3/c1-19-12-5-3-2-4-11(12)8-15-13(18)16-9-14(10-17)6-7-14/h2-5,17H,6-10H2,1H3,(H2,15,16,18). The summed E-state index contributed by atoms with van der Waals surface area (Å²) in [6, 6.07) is 7.35. The Balaban J connectivity index is 1.77. The number of nitrogens with one attached hydrogen (secondary N) is 2. The number of carbonyl (C=O) groups is 1. The minimum absolute atomic E-state index is 0.0677. The maximum absolute atomic E-state index is 11.7. The number of urea groups is 1. The van der Waals surface area contributed by atoms with Crippen LogP contribution < -0.4 is 15.4 Å². The number of carbonyl (C=O) groups excluding carboxylic acids is 1. The van der Waals surface area contributed by atoms with Crippen LogP contribution in [0.4, 0.5) is 4.79 Å². The lowest BCUT2D eigenvalue weighted by Crippen LogP contribution is -2.39. The van der Waals surface area contributed by atoms with Crippen molar-refractivity contribution in [2.45, 2.75) is 19.4 Å². The van der Waals surface area contributed by atoms with Crippen LogP contribution in [0, 0.1) is 5.41 Å². The molecule has 0 unspecified atom stereocenters.